The number of hydrogen-bond acceptors (Lipinski definition) is 3. The lowest BCUT2D eigenvalue weighted by molar-refractivity contribution is -0.139. The summed E-state index contributed by atoms with van der Waals surface area (Å²) in [6.45, 7) is 3.34. The van der Waals surface area contributed by atoms with E-state index >= 15 is 0 Å². The molecule has 124 valence electrons. The van der Waals surface area contributed by atoms with E-state index in [-0.39, 0.29) is 23.9 Å². The largest absolute Gasteiger partial charge is 0.377 e. The Hall–Kier alpha value is -1.36. The molecule has 5 nitrogen and oxygen atoms in total. The maximum Gasteiger partial charge on any atom is 0.243 e. The number of amides is 2. The van der Waals surface area contributed by atoms with E-state index in [1.54, 1.807) is 11.9 Å². The second kappa shape index (κ2) is 8.32. The van der Waals surface area contributed by atoms with Crippen LogP contribution in [-0.4, -0.2) is 49.1 Å². The summed E-state index contributed by atoms with van der Waals surface area (Å²) in [7, 11) is 1.75. The third kappa shape index (κ3) is 4.83. The molecule has 3 atom stereocenters. The number of carbonyl (C=O) groups is 2. The van der Waals surface area contributed by atoms with Crippen molar-refractivity contribution >= 4 is 11.8 Å². The lowest BCUT2D eigenvalue weighted by atomic mass is 10.1. The minimum Gasteiger partial charge on any atom is -0.377 e. The van der Waals surface area contributed by atoms with Crippen LogP contribution in [0.15, 0.2) is 12.2 Å². The lowest BCUT2D eigenvalue weighted by Gasteiger charge is -2.27. The van der Waals surface area contributed by atoms with Gasteiger partial charge in [0.25, 0.3) is 0 Å². The fraction of sp³-hybridized carbons (Fsp3) is 0.765. The van der Waals surface area contributed by atoms with Gasteiger partial charge < -0.3 is 15.0 Å². The van der Waals surface area contributed by atoms with Crippen LogP contribution in [0.3, 0.4) is 0 Å². The van der Waals surface area contributed by atoms with Crippen LogP contribution in [0, 0.1) is 5.92 Å². The quantitative estimate of drug-likeness (QED) is 0.792. The zero-order valence-corrected chi connectivity index (χ0v) is 13.7. The van der Waals surface area contributed by atoms with E-state index in [9.17, 15) is 9.59 Å². The molecular formula is C17H28N2O3. The second-order valence-corrected chi connectivity index (χ2v) is 6.28. The Morgan fingerprint density at radius 1 is 1.36 bits per heavy atom. The monoisotopic (exact) mass is 308 g/mol. The van der Waals surface area contributed by atoms with Crippen molar-refractivity contribution in [3.05, 3.63) is 12.2 Å². The minimum atomic E-state index is -0.343. The Bertz CT molecular complexity index is 422. The highest BCUT2D eigenvalue weighted by atomic mass is 16.5. The zero-order valence-electron chi connectivity index (χ0n) is 13.7. The van der Waals surface area contributed by atoms with Gasteiger partial charge in [-0.1, -0.05) is 25.5 Å². The molecule has 1 fully saturated rings. The fourth-order valence-electron chi connectivity index (χ4n) is 2.86. The van der Waals surface area contributed by atoms with Gasteiger partial charge in [-0.2, -0.15) is 0 Å². The van der Waals surface area contributed by atoms with Gasteiger partial charge in [0.05, 0.1) is 6.61 Å². The van der Waals surface area contributed by atoms with Gasteiger partial charge in [-0.25, -0.2) is 0 Å². The van der Waals surface area contributed by atoms with E-state index in [1.807, 2.05) is 13.0 Å². The number of carbonyl (C=O) groups excluding carboxylic acids is 2. The predicted octanol–water partition coefficient (Wildman–Crippen LogP) is 1.87. The fourth-order valence-corrected chi connectivity index (χ4v) is 2.86. The highest BCUT2D eigenvalue weighted by Gasteiger charge is 2.38. The van der Waals surface area contributed by atoms with Gasteiger partial charge in [0.1, 0.15) is 6.04 Å². The average Bonchev–Trinajstić information content (AvgIpc) is 3.23. The van der Waals surface area contributed by atoms with Gasteiger partial charge in [0, 0.05) is 26.1 Å². The average molecular weight is 308 g/mol. The van der Waals surface area contributed by atoms with Crippen LogP contribution in [0.5, 0.6) is 0 Å². The van der Waals surface area contributed by atoms with Crippen molar-refractivity contribution in [3.8, 4) is 0 Å². The number of nitrogens with one attached hydrogen (secondary N) is 1. The topological polar surface area (TPSA) is 58.6 Å². The molecule has 1 aliphatic carbocycles. The number of fused-ring (bicyclic) bond motifs is 1. The smallest absolute Gasteiger partial charge is 0.243 e. The van der Waals surface area contributed by atoms with E-state index in [0.29, 0.717) is 32.0 Å². The number of ether oxygens (including phenoxy) is 1. The molecule has 0 aromatic carbocycles. The maximum atomic E-state index is 12.5. The summed E-state index contributed by atoms with van der Waals surface area (Å²) >= 11 is 0. The van der Waals surface area contributed by atoms with Gasteiger partial charge in [0.15, 0.2) is 0 Å². The van der Waals surface area contributed by atoms with Gasteiger partial charge >= 0.3 is 0 Å². The highest BCUT2D eigenvalue weighted by Crippen LogP contribution is 2.32. The van der Waals surface area contributed by atoms with Crippen molar-refractivity contribution in [2.24, 2.45) is 5.92 Å². The number of nitrogens with zero attached hydrogens (tertiary/aromatic N) is 1. The number of hydrogen-bond donors (Lipinski definition) is 1. The van der Waals surface area contributed by atoms with Crippen molar-refractivity contribution < 1.29 is 14.3 Å². The Morgan fingerprint density at radius 3 is 2.95 bits per heavy atom. The summed E-state index contributed by atoms with van der Waals surface area (Å²) in [6, 6.07) is -0.124. The van der Waals surface area contributed by atoms with E-state index in [2.05, 4.69) is 11.4 Å². The van der Waals surface area contributed by atoms with Crippen molar-refractivity contribution in [2.75, 3.05) is 20.3 Å². The molecule has 0 spiro atoms. The minimum absolute atomic E-state index is 0.00952. The molecule has 1 heterocycles. The Kier molecular flexibility index (Phi) is 6.43. The summed E-state index contributed by atoms with van der Waals surface area (Å²) in [6.07, 6.45) is 8.92. The first-order chi connectivity index (χ1) is 10.6. The first-order valence-electron chi connectivity index (χ1n) is 8.44. The van der Waals surface area contributed by atoms with Gasteiger partial charge in [-0.15, -0.1) is 0 Å². The molecular weight excluding hydrogens is 280 g/mol. The summed E-state index contributed by atoms with van der Waals surface area (Å²) in [5, 5.41) is 3.08. The summed E-state index contributed by atoms with van der Waals surface area (Å²) in [4.78, 5) is 26.4. The summed E-state index contributed by atoms with van der Waals surface area (Å²) in [5.41, 5.74) is 0. The standard InChI is InChI=1S/C17H28N2O3/c1-3-7-15-17(21)18-14-12-13(14)8-6-11-22-10-5-4-9-16(20)19(15)2/h6,8,13-15H,3-5,7,9-12H2,1-2H3,(H,18,21)/b8-6-/t13-,14?,15?/m1/s1. The highest BCUT2D eigenvalue weighted by molar-refractivity contribution is 5.87. The molecule has 1 N–H and O–H groups in total. The van der Waals surface area contributed by atoms with Gasteiger partial charge in [-0.05, 0) is 31.6 Å². The first-order valence-corrected chi connectivity index (χ1v) is 8.44. The van der Waals surface area contributed by atoms with Crippen LogP contribution in [0.4, 0.5) is 0 Å². The van der Waals surface area contributed by atoms with Crippen LogP contribution < -0.4 is 5.32 Å². The second-order valence-electron chi connectivity index (χ2n) is 6.28. The number of likely N-dealkylation sites (N-methyl/N-ethyl adjacent to an activating group) is 1. The Balaban J connectivity index is 2.02. The molecule has 22 heavy (non-hydrogen) atoms. The Morgan fingerprint density at radius 2 is 2.18 bits per heavy atom. The van der Waals surface area contributed by atoms with Crippen LogP contribution in [0.2, 0.25) is 0 Å². The molecule has 0 aromatic rings. The molecule has 1 aliphatic heterocycles. The SMILES string of the molecule is CCCC1C(=O)NC2C[C@H]2/C=C\COCCCCC(=O)N1C. The predicted molar refractivity (Wildman–Crippen MR) is 85.3 cm³/mol. The molecule has 2 rings (SSSR count). The molecule has 2 unspecified atom stereocenters. The van der Waals surface area contributed by atoms with Crippen LogP contribution in [0.1, 0.15) is 45.4 Å². The van der Waals surface area contributed by atoms with Crippen molar-refractivity contribution in [1.29, 1.82) is 0 Å². The van der Waals surface area contributed by atoms with Crippen molar-refractivity contribution in [2.45, 2.75) is 57.5 Å². The molecule has 2 aliphatic rings. The maximum absolute atomic E-state index is 12.5. The number of rotatable bonds is 2. The molecule has 0 bridgehead atoms. The van der Waals surface area contributed by atoms with Gasteiger partial charge in [-0.3, -0.25) is 9.59 Å². The lowest BCUT2D eigenvalue weighted by Crippen LogP contribution is -2.48. The summed E-state index contributed by atoms with van der Waals surface area (Å²) < 4.78 is 5.52. The molecule has 0 saturated heterocycles. The van der Waals surface area contributed by atoms with Crippen molar-refractivity contribution in [3.63, 3.8) is 0 Å². The van der Waals surface area contributed by atoms with E-state index < -0.39 is 0 Å². The zero-order chi connectivity index (χ0) is 15.9. The van der Waals surface area contributed by atoms with Crippen molar-refractivity contribution in [1.82, 2.24) is 10.2 Å². The third-order valence-corrected chi connectivity index (χ3v) is 4.42. The third-order valence-electron chi connectivity index (χ3n) is 4.42. The Labute approximate surface area is 133 Å². The molecule has 0 radical (unpaired) electrons. The van der Waals surface area contributed by atoms with E-state index in [0.717, 1.165) is 25.7 Å². The van der Waals surface area contributed by atoms with E-state index in [4.69, 9.17) is 4.74 Å². The first kappa shape index (κ1) is 17.0. The normalized spacial score (nSPS) is 32.5. The van der Waals surface area contributed by atoms with E-state index in [1.165, 1.54) is 0 Å². The molecule has 2 amide bonds. The van der Waals surface area contributed by atoms with Crippen LogP contribution in [0.25, 0.3) is 0 Å². The molecule has 5 heteroatoms. The molecule has 1 saturated carbocycles. The molecule has 0 aromatic heterocycles. The van der Waals surface area contributed by atoms with Crippen LogP contribution in [-0.2, 0) is 14.3 Å². The van der Waals surface area contributed by atoms with Crippen LogP contribution >= 0.6 is 0 Å². The summed E-state index contributed by atoms with van der Waals surface area (Å²) in [5.74, 6) is 0.458. The van der Waals surface area contributed by atoms with Gasteiger partial charge in [0.2, 0.25) is 11.8 Å².